The van der Waals surface area contributed by atoms with Gasteiger partial charge in [-0.3, -0.25) is 9.20 Å². The first kappa shape index (κ1) is 14.7. The summed E-state index contributed by atoms with van der Waals surface area (Å²) in [7, 11) is 0. The minimum absolute atomic E-state index is 0.0304. The number of hydrogen-bond acceptors (Lipinski definition) is 2. The Kier molecular flexibility index (Phi) is 3.80. The topological polar surface area (TPSA) is 46.4 Å². The summed E-state index contributed by atoms with van der Waals surface area (Å²) in [5.74, 6) is 0.524. The van der Waals surface area contributed by atoms with Crippen molar-refractivity contribution in [2.75, 3.05) is 0 Å². The van der Waals surface area contributed by atoms with Gasteiger partial charge < -0.3 is 5.32 Å². The molecule has 1 aliphatic rings. The lowest BCUT2D eigenvalue weighted by Gasteiger charge is -2.19. The molecule has 4 rings (SSSR count). The molecule has 3 aromatic rings. The fourth-order valence-electron chi connectivity index (χ4n) is 2.87. The maximum atomic E-state index is 12.7. The number of hydrogen-bond donors (Lipinski definition) is 1. The van der Waals surface area contributed by atoms with Crippen LogP contribution in [0.1, 0.15) is 34.8 Å². The van der Waals surface area contributed by atoms with Crippen LogP contribution in [0.5, 0.6) is 0 Å². The number of aromatic nitrogens is 2. The Bertz CT molecular complexity index is 855. The third-order valence-corrected chi connectivity index (χ3v) is 5.06. The lowest BCUT2D eigenvalue weighted by atomic mass is 10.0. The van der Waals surface area contributed by atoms with Crippen LogP contribution in [-0.4, -0.2) is 15.3 Å². The van der Waals surface area contributed by atoms with Gasteiger partial charge in [-0.05, 0) is 59.0 Å². The van der Waals surface area contributed by atoms with E-state index in [1.165, 1.54) is 18.4 Å². The van der Waals surface area contributed by atoms with Gasteiger partial charge in [-0.1, -0.05) is 30.3 Å². The maximum absolute atomic E-state index is 12.7. The van der Waals surface area contributed by atoms with Gasteiger partial charge in [0, 0.05) is 6.20 Å². The van der Waals surface area contributed by atoms with Crippen LogP contribution in [0.3, 0.4) is 0 Å². The van der Waals surface area contributed by atoms with E-state index in [9.17, 15) is 4.79 Å². The molecule has 0 unspecified atom stereocenters. The molecule has 2 heterocycles. The summed E-state index contributed by atoms with van der Waals surface area (Å²) in [6.45, 7) is 0. The summed E-state index contributed by atoms with van der Waals surface area (Å²) in [5.41, 5.74) is 2.70. The highest BCUT2D eigenvalue weighted by Crippen LogP contribution is 2.41. The Morgan fingerprint density at radius 1 is 1.22 bits per heavy atom. The van der Waals surface area contributed by atoms with Crippen molar-refractivity contribution in [3.8, 4) is 0 Å². The number of amides is 1. The molecular formula is C18H16IN3O. The zero-order chi connectivity index (χ0) is 15.8. The fourth-order valence-corrected chi connectivity index (χ4v) is 3.40. The number of pyridine rings is 1. The minimum atomic E-state index is -0.0304. The average molecular weight is 417 g/mol. The quantitative estimate of drug-likeness (QED) is 0.657. The van der Waals surface area contributed by atoms with Crippen molar-refractivity contribution in [3.63, 3.8) is 0 Å². The monoisotopic (exact) mass is 417 g/mol. The first-order valence-corrected chi connectivity index (χ1v) is 8.78. The second kappa shape index (κ2) is 5.96. The average Bonchev–Trinajstić information content (AvgIpc) is 3.37. The molecule has 4 nitrogen and oxygen atoms in total. The van der Waals surface area contributed by atoms with Gasteiger partial charge in [0.2, 0.25) is 0 Å². The lowest BCUT2D eigenvalue weighted by molar-refractivity contribution is 0.0931. The van der Waals surface area contributed by atoms with Crippen molar-refractivity contribution >= 4 is 34.1 Å². The molecule has 5 heteroatoms. The van der Waals surface area contributed by atoms with Gasteiger partial charge in [-0.25, -0.2) is 4.98 Å². The van der Waals surface area contributed by atoms with Crippen molar-refractivity contribution in [3.05, 3.63) is 69.7 Å². The van der Waals surface area contributed by atoms with Gasteiger partial charge in [0.05, 0.1) is 17.8 Å². The van der Waals surface area contributed by atoms with Crippen molar-refractivity contribution in [1.82, 2.24) is 14.7 Å². The summed E-state index contributed by atoms with van der Waals surface area (Å²) in [6, 6.07) is 14.0. The molecule has 1 aromatic carbocycles. The highest BCUT2D eigenvalue weighted by Gasteiger charge is 2.33. The van der Waals surface area contributed by atoms with Gasteiger partial charge in [0.1, 0.15) is 9.35 Å². The summed E-state index contributed by atoms with van der Waals surface area (Å²) in [5, 5.41) is 3.21. The number of imidazole rings is 1. The number of halogens is 1. The summed E-state index contributed by atoms with van der Waals surface area (Å²) >= 11 is 2.22. The number of carbonyl (C=O) groups is 1. The van der Waals surface area contributed by atoms with Crippen LogP contribution in [0.25, 0.3) is 5.65 Å². The van der Waals surface area contributed by atoms with Crippen molar-refractivity contribution in [1.29, 1.82) is 0 Å². The van der Waals surface area contributed by atoms with Gasteiger partial charge in [0.15, 0.2) is 0 Å². The molecule has 1 fully saturated rings. The van der Waals surface area contributed by atoms with E-state index in [4.69, 9.17) is 0 Å². The van der Waals surface area contributed by atoms with Crippen LogP contribution in [0.2, 0.25) is 0 Å². The smallest absolute Gasteiger partial charge is 0.253 e. The summed E-state index contributed by atoms with van der Waals surface area (Å²) in [6.07, 6.45) is 6.01. The number of benzene rings is 1. The number of nitrogens with one attached hydrogen (secondary N) is 1. The third kappa shape index (κ3) is 2.97. The van der Waals surface area contributed by atoms with Gasteiger partial charge in [-0.15, -0.1) is 0 Å². The molecule has 116 valence electrons. The van der Waals surface area contributed by atoms with E-state index in [1.54, 1.807) is 6.20 Å². The second-order valence-corrected chi connectivity index (χ2v) is 7.03. The minimum Gasteiger partial charge on any atom is -0.345 e. The van der Waals surface area contributed by atoms with Crippen LogP contribution >= 0.6 is 22.6 Å². The molecule has 0 bridgehead atoms. The Morgan fingerprint density at radius 2 is 2.00 bits per heavy atom. The van der Waals surface area contributed by atoms with Crippen LogP contribution in [0.15, 0.2) is 54.9 Å². The van der Waals surface area contributed by atoms with E-state index >= 15 is 0 Å². The van der Waals surface area contributed by atoms with E-state index in [1.807, 2.05) is 40.9 Å². The molecule has 1 amide bonds. The number of carbonyl (C=O) groups excluding carboxylic acids is 1. The molecule has 0 spiro atoms. The normalized spacial score (nSPS) is 15.5. The molecule has 0 aliphatic heterocycles. The molecule has 1 N–H and O–H groups in total. The number of fused-ring (bicyclic) bond motifs is 1. The van der Waals surface area contributed by atoms with Gasteiger partial charge in [-0.2, -0.15) is 0 Å². The number of rotatable bonds is 4. The predicted octanol–water partition coefficient (Wildman–Crippen LogP) is 3.82. The van der Waals surface area contributed by atoms with Gasteiger partial charge >= 0.3 is 0 Å². The zero-order valence-corrected chi connectivity index (χ0v) is 14.6. The molecule has 0 saturated heterocycles. The molecular weight excluding hydrogens is 401 g/mol. The standard InChI is InChI=1S/C18H16IN3O/c19-15-10-20-16-9-8-14(11-22(15)16)18(23)21-17(13-6-7-13)12-4-2-1-3-5-12/h1-5,8-11,13,17H,6-7H2,(H,21,23)/t17-/m1/s1. The van der Waals surface area contributed by atoms with Crippen molar-refractivity contribution < 1.29 is 4.79 Å². The largest absolute Gasteiger partial charge is 0.345 e. The highest BCUT2D eigenvalue weighted by atomic mass is 127. The van der Waals surface area contributed by atoms with Crippen LogP contribution < -0.4 is 5.32 Å². The van der Waals surface area contributed by atoms with E-state index in [2.05, 4.69) is 45.0 Å². The maximum Gasteiger partial charge on any atom is 0.253 e. The molecule has 2 aromatic heterocycles. The van der Waals surface area contributed by atoms with Crippen LogP contribution in [0.4, 0.5) is 0 Å². The molecule has 1 saturated carbocycles. The molecule has 1 aliphatic carbocycles. The van der Waals surface area contributed by atoms with Gasteiger partial charge in [0.25, 0.3) is 5.91 Å². The zero-order valence-electron chi connectivity index (χ0n) is 12.4. The van der Waals surface area contributed by atoms with E-state index in [0.717, 1.165) is 9.35 Å². The van der Waals surface area contributed by atoms with Crippen molar-refractivity contribution in [2.24, 2.45) is 5.92 Å². The van der Waals surface area contributed by atoms with E-state index in [0.29, 0.717) is 11.5 Å². The Morgan fingerprint density at radius 3 is 2.74 bits per heavy atom. The van der Waals surface area contributed by atoms with Crippen LogP contribution in [0, 0.1) is 9.62 Å². The summed E-state index contributed by atoms with van der Waals surface area (Å²) < 4.78 is 2.93. The SMILES string of the molecule is O=C(N[C@H](c1ccccc1)C1CC1)c1ccc2ncc(I)n2c1. The Labute approximate surface area is 148 Å². The summed E-state index contributed by atoms with van der Waals surface area (Å²) in [4.78, 5) is 17.0. The first-order chi connectivity index (χ1) is 11.2. The van der Waals surface area contributed by atoms with Crippen molar-refractivity contribution in [2.45, 2.75) is 18.9 Å². The lowest BCUT2D eigenvalue weighted by Crippen LogP contribution is -2.30. The van der Waals surface area contributed by atoms with E-state index < -0.39 is 0 Å². The van der Waals surface area contributed by atoms with E-state index in [-0.39, 0.29) is 11.9 Å². The molecule has 0 radical (unpaired) electrons. The predicted molar refractivity (Wildman–Crippen MR) is 97.3 cm³/mol. The Balaban J connectivity index is 1.61. The third-order valence-electron chi connectivity index (χ3n) is 4.26. The second-order valence-electron chi connectivity index (χ2n) is 5.93. The molecule has 23 heavy (non-hydrogen) atoms. The first-order valence-electron chi connectivity index (χ1n) is 7.71. The van der Waals surface area contributed by atoms with Crippen LogP contribution in [-0.2, 0) is 0 Å². The highest BCUT2D eigenvalue weighted by molar-refractivity contribution is 14.1. The fraction of sp³-hybridized carbons (Fsp3) is 0.222. The molecule has 1 atom stereocenters. The number of nitrogens with zero attached hydrogens (tertiary/aromatic N) is 2. The Hall–Kier alpha value is -1.89.